The molecule has 0 aliphatic heterocycles. The van der Waals surface area contributed by atoms with Crippen LogP contribution in [-0.2, 0) is 11.3 Å². The molecule has 0 bridgehead atoms. The molecule has 2 rings (SSSR count). The normalized spacial score (nSPS) is 12.1. The maximum absolute atomic E-state index is 12.2. The SMILES string of the molecule is Cc1cscc1CNC(=O)C(CN)c1ccccc1. The van der Waals surface area contributed by atoms with Crippen molar-refractivity contribution in [3.05, 3.63) is 57.8 Å². The Balaban J connectivity index is 2.00. The number of nitrogens with one attached hydrogen (secondary N) is 1. The molecule has 0 aliphatic rings. The highest BCUT2D eigenvalue weighted by Gasteiger charge is 2.18. The fraction of sp³-hybridized carbons (Fsp3) is 0.267. The number of benzene rings is 1. The summed E-state index contributed by atoms with van der Waals surface area (Å²) in [5.41, 5.74) is 9.07. The summed E-state index contributed by atoms with van der Waals surface area (Å²) in [6.07, 6.45) is 0. The number of hydrogen-bond acceptors (Lipinski definition) is 3. The monoisotopic (exact) mass is 274 g/mol. The fourth-order valence-electron chi connectivity index (χ4n) is 1.95. The van der Waals surface area contributed by atoms with Crippen LogP contribution in [0.1, 0.15) is 22.6 Å². The van der Waals surface area contributed by atoms with Crippen molar-refractivity contribution in [2.24, 2.45) is 5.73 Å². The summed E-state index contributed by atoms with van der Waals surface area (Å²) in [5.74, 6) is -0.292. The van der Waals surface area contributed by atoms with Crippen LogP contribution >= 0.6 is 11.3 Å². The lowest BCUT2D eigenvalue weighted by Gasteiger charge is -2.15. The highest BCUT2D eigenvalue weighted by atomic mass is 32.1. The first-order valence-corrected chi connectivity index (χ1v) is 7.21. The van der Waals surface area contributed by atoms with Gasteiger partial charge in [-0.2, -0.15) is 11.3 Å². The minimum atomic E-state index is -0.278. The van der Waals surface area contributed by atoms with E-state index >= 15 is 0 Å². The van der Waals surface area contributed by atoms with E-state index in [1.165, 1.54) is 11.1 Å². The predicted molar refractivity (Wildman–Crippen MR) is 79.1 cm³/mol. The first-order valence-electron chi connectivity index (χ1n) is 6.26. The maximum Gasteiger partial charge on any atom is 0.229 e. The van der Waals surface area contributed by atoms with Crippen molar-refractivity contribution < 1.29 is 4.79 Å². The molecule has 3 nitrogen and oxygen atoms in total. The molecule has 1 heterocycles. The highest BCUT2D eigenvalue weighted by molar-refractivity contribution is 7.08. The van der Waals surface area contributed by atoms with Crippen LogP contribution in [0.2, 0.25) is 0 Å². The van der Waals surface area contributed by atoms with Gasteiger partial charge in [-0.3, -0.25) is 4.79 Å². The van der Waals surface area contributed by atoms with Crippen LogP contribution in [0.15, 0.2) is 41.1 Å². The Labute approximate surface area is 117 Å². The first-order chi connectivity index (χ1) is 9.22. The lowest BCUT2D eigenvalue weighted by molar-refractivity contribution is -0.122. The van der Waals surface area contributed by atoms with E-state index in [0.29, 0.717) is 13.1 Å². The number of hydrogen-bond donors (Lipinski definition) is 2. The summed E-state index contributed by atoms with van der Waals surface area (Å²) >= 11 is 1.65. The molecule has 100 valence electrons. The zero-order chi connectivity index (χ0) is 13.7. The van der Waals surface area contributed by atoms with Crippen molar-refractivity contribution in [3.8, 4) is 0 Å². The molecule has 0 radical (unpaired) electrons. The number of nitrogens with two attached hydrogens (primary N) is 1. The first kappa shape index (κ1) is 13.8. The quantitative estimate of drug-likeness (QED) is 0.879. The molecule has 19 heavy (non-hydrogen) atoms. The van der Waals surface area contributed by atoms with E-state index in [4.69, 9.17) is 5.73 Å². The van der Waals surface area contributed by atoms with Gasteiger partial charge in [0.2, 0.25) is 5.91 Å². The van der Waals surface area contributed by atoms with Gasteiger partial charge in [-0.15, -0.1) is 0 Å². The Morgan fingerprint density at radius 1 is 1.32 bits per heavy atom. The van der Waals surface area contributed by atoms with Gasteiger partial charge in [0.25, 0.3) is 0 Å². The van der Waals surface area contributed by atoms with Crippen LogP contribution in [0.25, 0.3) is 0 Å². The number of carbonyl (C=O) groups excluding carboxylic acids is 1. The number of aryl methyl sites for hydroxylation is 1. The molecular formula is C15H18N2OS. The minimum absolute atomic E-state index is 0.0145. The van der Waals surface area contributed by atoms with E-state index in [-0.39, 0.29) is 11.8 Å². The lowest BCUT2D eigenvalue weighted by Crippen LogP contribution is -2.33. The van der Waals surface area contributed by atoms with Gasteiger partial charge < -0.3 is 11.1 Å². The topological polar surface area (TPSA) is 55.1 Å². The zero-order valence-electron chi connectivity index (χ0n) is 10.9. The smallest absolute Gasteiger partial charge is 0.229 e. The molecule has 1 amide bonds. The Bertz CT molecular complexity index is 536. The molecule has 3 N–H and O–H groups in total. The van der Waals surface area contributed by atoms with E-state index in [0.717, 1.165) is 5.56 Å². The summed E-state index contributed by atoms with van der Waals surface area (Å²) in [4.78, 5) is 12.2. The fourth-order valence-corrected chi connectivity index (χ4v) is 2.81. The average molecular weight is 274 g/mol. The van der Waals surface area contributed by atoms with E-state index in [9.17, 15) is 4.79 Å². The Hall–Kier alpha value is -1.65. The molecule has 0 saturated carbocycles. The van der Waals surface area contributed by atoms with Crippen molar-refractivity contribution in [1.82, 2.24) is 5.32 Å². The van der Waals surface area contributed by atoms with E-state index in [2.05, 4.69) is 23.0 Å². The van der Waals surface area contributed by atoms with E-state index < -0.39 is 0 Å². The Morgan fingerprint density at radius 3 is 2.63 bits per heavy atom. The summed E-state index contributed by atoms with van der Waals surface area (Å²) in [6, 6.07) is 9.66. The average Bonchev–Trinajstić information content (AvgIpc) is 2.84. The van der Waals surface area contributed by atoms with Crippen molar-refractivity contribution >= 4 is 17.2 Å². The third-order valence-corrected chi connectivity index (χ3v) is 4.08. The van der Waals surface area contributed by atoms with Crippen LogP contribution in [0, 0.1) is 6.92 Å². The van der Waals surface area contributed by atoms with Gasteiger partial charge in [0.1, 0.15) is 0 Å². The number of amides is 1. The van der Waals surface area contributed by atoms with Crippen LogP contribution in [0.5, 0.6) is 0 Å². The lowest BCUT2D eigenvalue weighted by atomic mass is 9.98. The third kappa shape index (κ3) is 3.43. The number of rotatable bonds is 5. The van der Waals surface area contributed by atoms with Crippen LogP contribution in [0.3, 0.4) is 0 Å². The molecule has 0 spiro atoms. The molecule has 1 atom stereocenters. The Kier molecular flexibility index (Phi) is 4.71. The van der Waals surface area contributed by atoms with E-state index in [1.807, 2.05) is 30.3 Å². The molecule has 4 heteroatoms. The summed E-state index contributed by atoms with van der Waals surface area (Å²) in [5, 5.41) is 7.11. The summed E-state index contributed by atoms with van der Waals surface area (Å²) in [6.45, 7) is 2.94. The molecule has 1 aromatic heterocycles. The van der Waals surface area contributed by atoms with Gasteiger partial charge in [0.15, 0.2) is 0 Å². The predicted octanol–water partition coefficient (Wildman–Crippen LogP) is 2.42. The molecule has 1 unspecified atom stereocenters. The number of thiophene rings is 1. The van der Waals surface area contributed by atoms with Crippen LogP contribution in [0.4, 0.5) is 0 Å². The van der Waals surface area contributed by atoms with Crippen molar-refractivity contribution in [2.45, 2.75) is 19.4 Å². The third-order valence-electron chi connectivity index (χ3n) is 3.17. The molecule has 0 saturated heterocycles. The second kappa shape index (κ2) is 6.50. The van der Waals surface area contributed by atoms with Crippen LogP contribution < -0.4 is 11.1 Å². The van der Waals surface area contributed by atoms with Gasteiger partial charge >= 0.3 is 0 Å². The maximum atomic E-state index is 12.2. The molecule has 0 aliphatic carbocycles. The van der Waals surface area contributed by atoms with Crippen molar-refractivity contribution in [1.29, 1.82) is 0 Å². The van der Waals surface area contributed by atoms with Crippen LogP contribution in [-0.4, -0.2) is 12.5 Å². The second-order valence-corrected chi connectivity index (χ2v) is 5.24. The second-order valence-electron chi connectivity index (χ2n) is 4.50. The molecule has 0 fully saturated rings. The van der Waals surface area contributed by atoms with Gasteiger partial charge in [0, 0.05) is 13.1 Å². The van der Waals surface area contributed by atoms with Crippen molar-refractivity contribution in [3.63, 3.8) is 0 Å². The largest absolute Gasteiger partial charge is 0.351 e. The highest BCUT2D eigenvalue weighted by Crippen LogP contribution is 2.16. The minimum Gasteiger partial charge on any atom is -0.351 e. The summed E-state index contributed by atoms with van der Waals surface area (Å²) < 4.78 is 0. The standard InChI is InChI=1S/C15H18N2OS/c1-11-9-19-10-13(11)8-17-15(18)14(7-16)12-5-3-2-4-6-12/h2-6,9-10,14H,7-8,16H2,1H3,(H,17,18). The molecule has 2 aromatic rings. The Morgan fingerprint density at radius 2 is 2.05 bits per heavy atom. The zero-order valence-corrected chi connectivity index (χ0v) is 11.7. The molecular weight excluding hydrogens is 256 g/mol. The number of carbonyl (C=O) groups is 1. The van der Waals surface area contributed by atoms with Gasteiger partial charge in [-0.1, -0.05) is 30.3 Å². The summed E-state index contributed by atoms with van der Waals surface area (Å²) in [7, 11) is 0. The van der Waals surface area contributed by atoms with E-state index in [1.54, 1.807) is 11.3 Å². The van der Waals surface area contributed by atoms with Gasteiger partial charge in [-0.25, -0.2) is 0 Å². The molecule has 1 aromatic carbocycles. The van der Waals surface area contributed by atoms with Crippen molar-refractivity contribution in [2.75, 3.05) is 6.54 Å². The van der Waals surface area contributed by atoms with Gasteiger partial charge in [0.05, 0.1) is 5.92 Å². The van der Waals surface area contributed by atoms with Gasteiger partial charge in [-0.05, 0) is 34.4 Å².